The Hall–Kier alpha value is -3.46. The maximum atomic E-state index is 7.06. The van der Waals surface area contributed by atoms with Crippen LogP contribution in [0.2, 0.25) is 0 Å². The number of nitrogens with zero attached hydrogens (tertiary/aromatic N) is 2. The molecule has 0 spiro atoms. The van der Waals surface area contributed by atoms with Crippen molar-refractivity contribution >= 4 is 32.4 Å². The molecule has 6 rings (SSSR count). The van der Waals surface area contributed by atoms with Gasteiger partial charge in [-0.3, -0.25) is 4.98 Å². The number of hydrogen-bond acceptors (Lipinski definition) is 2. The SMILES string of the molecule is Cc1c2c(c(CC(C)(C)C)c3ccc(CC(C)(C)C)cc13)Oc1cc3ccc(CC(C)(C)C)nc3c3cc[n+](C)c-2c13. The predicted octanol–water partition coefficient (Wildman–Crippen LogP) is 10.2. The van der Waals surface area contributed by atoms with Crippen LogP contribution in [0.1, 0.15) is 84.7 Å². The molecule has 1 aliphatic heterocycles. The molecule has 0 radical (unpaired) electrons. The van der Waals surface area contributed by atoms with Gasteiger partial charge in [-0.05, 0) is 76.5 Å². The lowest BCUT2D eigenvalue weighted by molar-refractivity contribution is -0.659. The van der Waals surface area contributed by atoms with Crippen LogP contribution in [-0.4, -0.2) is 4.98 Å². The normalized spacial score (nSPS) is 13.6. The third kappa shape index (κ3) is 5.16. The zero-order valence-electron chi connectivity index (χ0n) is 27.5. The van der Waals surface area contributed by atoms with Crippen molar-refractivity contribution in [3.05, 3.63) is 71.0 Å². The Balaban J connectivity index is 1.70. The molecule has 3 heteroatoms. The van der Waals surface area contributed by atoms with Crippen LogP contribution < -0.4 is 9.30 Å². The van der Waals surface area contributed by atoms with E-state index in [0.717, 1.165) is 58.1 Å². The Bertz CT molecular complexity index is 1890. The third-order valence-corrected chi connectivity index (χ3v) is 8.39. The van der Waals surface area contributed by atoms with E-state index in [4.69, 9.17) is 9.72 Å². The first-order valence-corrected chi connectivity index (χ1v) is 15.5. The molecule has 0 aliphatic carbocycles. The summed E-state index contributed by atoms with van der Waals surface area (Å²) in [6.07, 6.45) is 5.13. The van der Waals surface area contributed by atoms with E-state index < -0.39 is 0 Å². The minimum absolute atomic E-state index is 0.106. The quantitative estimate of drug-likeness (QED) is 0.159. The Labute approximate surface area is 251 Å². The Morgan fingerprint density at radius 3 is 2.10 bits per heavy atom. The molecule has 0 saturated heterocycles. The number of aryl methyl sites for hydroxylation is 2. The first kappa shape index (κ1) is 28.6. The van der Waals surface area contributed by atoms with Gasteiger partial charge in [0.2, 0.25) is 5.69 Å². The lowest BCUT2D eigenvalue weighted by Crippen LogP contribution is -2.32. The lowest BCUT2D eigenvalue weighted by atomic mass is 9.80. The van der Waals surface area contributed by atoms with Crippen LogP contribution in [0.4, 0.5) is 0 Å². The predicted molar refractivity (Wildman–Crippen MR) is 178 cm³/mol. The fraction of sp³-hybridized carbons (Fsp3) is 0.436. The van der Waals surface area contributed by atoms with Crippen LogP contribution in [0.15, 0.2) is 48.7 Å². The number of hydrogen-bond donors (Lipinski definition) is 0. The summed E-state index contributed by atoms with van der Waals surface area (Å²) in [5, 5.41) is 6.10. The van der Waals surface area contributed by atoms with E-state index >= 15 is 0 Å². The zero-order chi connectivity index (χ0) is 30.4. The summed E-state index contributed by atoms with van der Waals surface area (Å²) in [5.41, 5.74) is 9.14. The number of benzene rings is 3. The number of fused-ring (bicyclic) bond motifs is 5. The number of aromatic nitrogens is 2. The average Bonchev–Trinajstić information content (AvgIpc) is 2.85. The van der Waals surface area contributed by atoms with E-state index in [0.29, 0.717) is 0 Å². The molecule has 5 aromatic rings. The van der Waals surface area contributed by atoms with E-state index in [1.807, 2.05) is 0 Å². The summed E-state index contributed by atoms with van der Waals surface area (Å²) in [5.74, 6) is 1.95. The standard InChI is InChI=1S/C39H47N2O/c1-23-29-18-24(20-37(2,3)4)12-15-27(29)30(22-39(8,9)10)36-32(23)35-33-28(16-17-41(35)11)34-25(19-31(33)42-36)13-14-26(40-34)21-38(5,6)7/h12-19H,20-22H2,1-11H3/q+1. The van der Waals surface area contributed by atoms with E-state index in [1.165, 1.54) is 38.7 Å². The fourth-order valence-corrected chi connectivity index (χ4v) is 6.85. The number of rotatable bonds is 3. The molecule has 0 amide bonds. The molecule has 0 bridgehead atoms. The van der Waals surface area contributed by atoms with Gasteiger partial charge in [0.05, 0.1) is 16.5 Å². The molecule has 3 nitrogen and oxygen atoms in total. The van der Waals surface area contributed by atoms with Crippen LogP contribution >= 0.6 is 0 Å². The summed E-state index contributed by atoms with van der Waals surface area (Å²) in [7, 11) is 2.17. The molecule has 2 aromatic heterocycles. The molecule has 0 atom stereocenters. The maximum absolute atomic E-state index is 7.06. The molecule has 3 aromatic carbocycles. The molecular weight excluding hydrogens is 512 g/mol. The van der Waals surface area contributed by atoms with Gasteiger partial charge < -0.3 is 4.74 Å². The van der Waals surface area contributed by atoms with Crippen molar-refractivity contribution in [2.24, 2.45) is 23.3 Å². The summed E-state index contributed by atoms with van der Waals surface area (Å²) in [6.45, 7) is 23.0. The molecule has 0 fully saturated rings. The highest BCUT2D eigenvalue weighted by atomic mass is 16.5. The first-order valence-electron chi connectivity index (χ1n) is 15.5. The van der Waals surface area contributed by atoms with Gasteiger partial charge in [-0.2, -0.15) is 0 Å². The average molecular weight is 560 g/mol. The zero-order valence-corrected chi connectivity index (χ0v) is 27.5. The molecule has 0 unspecified atom stereocenters. The summed E-state index contributed by atoms with van der Waals surface area (Å²) < 4.78 is 9.35. The number of pyridine rings is 2. The largest absolute Gasteiger partial charge is 0.455 e. The van der Waals surface area contributed by atoms with Gasteiger partial charge in [0, 0.05) is 28.1 Å². The Morgan fingerprint density at radius 2 is 1.43 bits per heavy atom. The van der Waals surface area contributed by atoms with E-state index in [1.54, 1.807) is 0 Å². The van der Waals surface area contributed by atoms with Gasteiger partial charge >= 0.3 is 0 Å². The van der Waals surface area contributed by atoms with Crippen LogP contribution in [0, 0.1) is 23.2 Å². The van der Waals surface area contributed by atoms with Crippen molar-refractivity contribution in [2.75, 3.05) is 0 Å². The Morgan fingerprint density at radius 1 is 0.738 bits per heavy atom. The molecule has 3 heterocycles. The molecule has 0 saturated carbocycles. The summed E-state index contributed by atoms with van der Waals surface area (Å²) in [6, 6.07) is 16.0. The van der Waals surface area contributed by atoms with Crippen molar-refractivity contribution in [2.45, 2.75) is 88.5 Å². The maximum Gasteiger partial charge on any atom is 0.228 e. The van der Waals surface area contributed by atoms with Gasteiger partial charge in [-0.1, -0.05) is 86.6 Å². The van der Waals surface area contributed by atoms with Crippen molar-refractivity contribution < 1.29 is 9.30 Å². The van der Waals surface area contributed by atoms with Gasteiger partial charge in [0.1, 0.15) is 18.5 Å². The summed E-state index contributed by atoms with van der Waals surface area (Å²) in [4.78, 5) is 5.23. The summed E-state index contributed by atoms with van der Waals surface area (Å²) >= 11 is 0. The smallest absolute Gasteiger partial charge is 0.228 e. The van der Waals surface area contributed by atoms with Crippen LogP contribution in [0.5, 0.6) is 11.5 Å². The van der Waals surface area contributed by atoms with Gasteiger partial charge in [0.15, 0.2) is 6.20 Å². The molecular formula is C39H47N2O+. The van der Waals surface area contributed by atoms with Gasteiger partial charge in [0.25, 0.3) is 0 Å². The van der Waals surface area contributed by atoms with Crippen molar-refractivity contribution in [1.82, 2.24) is 4.98 Å². The lowest BCUT2D eigenvalue weighted by Gasteiger charge is -2.28. The topological polar surface area (TPSA) is 26.0 Å². The van der Waals surface area contributed by atoms with Crippen molar-refractivity contribution in [3.8, 4) is 22.8 Å². The second kappa shape index (κ2) is 9.53. The van der Waals surface area contributed by atoms with Crippen molar-refractivity contribution in [3.63, 3.8) is 0 Å². The fourth-order valence-electron chi connectivity index (χ4n) is 6.85. The Kier molecular flexibility index (Phi) is 6.50. The molecule has 42 heavy (non-hydrogen) atoms. The molecule has 218 valence electrons. The molecule has 1 aliphatic rings. The van der Waals surface area contributed by atoms with E-state index in [-0.39, 0.29) is 16.2 Å². The highest BCUT2D eigenvalue weighted by Gasteiger charge is 2.34. The highest BCUT2D eigenvalue weighted by Crippen LogP contribution is 2.52. The second-order valence-corrected chi connectivity index (χ2v) is 16.3. The number of ether oxygens (including phenoxy) is 1. The third-order valence-electron chi connectivity index (χ3n) is 8.39. The van der Waals surface area contributed by atoms with Crippen molar-refractivity contribution in [1.29, 1.82) is 0 Å². The van der Waals surface area contributed by atoms with Crippen LogP contribution in [0.3, 0.4) is 0 Å². The second-order valence-electron chi connectivity index (χ2n) is 16.3. The van der Waals surface area contributed by atoms with Crippen LogP contribution in [-0.2, 0) is 26.3 Å². The minimum atomic E-state index is 0.106. The molecule has 0 N–H and O–H groups in total. The van der Waals surface area contributed by atoms with Gasteiger partial charge in [-0.25, -0.2) is 4.57 Å². The van der Waals surface area contributed by atoms with E-state index in [9.17, 15) is 0 Å². The minimum Gasteiger partial charge on any atom is -0.455 e. The van der Waals surface area contributed by atoms with Gasteiger partial charge in [-0.15, -0.1) is 0 Å². The van der Waals surface area contributed by atoms with E-state index in [2.05, 4.69) is 130 Å². The highest BCUT2D eigenvalue weighted by molar-refractivity contribution is 6.15. The van der Waals surface area contributed by atoms with Crippen LogP contribution in [0.25, 0.3) is 43.7 Å². The monoisotopic (exact) mass is 559 g/mol. The first-order chi connectivity index (χ1) is 19.5.